The Labute approximate surface area is 124 Å². The number of hydrogen-bond donors (Lipinski definition) is 2. The first-order valence-corrected chi connectivity index (χ1v) is 6.94. The fourth-order valence-corrected chi connectivity index (χ4v) is 1.90. The van der Waals surface area contributed by atoms with Crippen molar-refractivity contribution in [3.63, 3.8) is 0 Å². The fourth-order valence-electron chi connectivity index (χ4n) is 1.90. The SMILES string of the molecule is C/C(=N/NC(=O)c1cc(C)[nH]n1)c1ccc(C(C)C)cc1. The maximum Gasteiger partial charge on any atom is 0.291 e. The first kappa shape index (κ1) is 15.0. The molecule has 0 unspecified atom stereocenters. The zero-order valence-corrected chi connectivity index (χ0v) is 12.8. The smallest absolute Gasteiger partial charge is 0.282 e. The van der Waals surface area contributed by atoms with E-state index in [1.54, 1.807) is 6.07 Å². The van der Waals surface area contributed by atoms with Gasteiger partial charge in [0.1, 0.15) is 0 Å². The quantitative estimate of drug-likeness (QED) is 0.669. The summed E-state index contributed by atoms with van der Waals surface area (Å²) in [5.74, 6) is 0.177. The predicted octanol–water partition coefficient (Wildman–Crippen LogP) is 3.00. The number of rotatable bonds is 4. The molecule has 1 heterocycles. The molecule has 0 saturated heterocycles. The van der Waals surface area contributed by atoms with E-state index in [1.165, 1.54) is 5.56 Å². The van der Waals surface area contributed by atoms with E-state index >= 15 is 0 Å². The highest BCUT2D eigenvalue weighted by Gasteiger charge is 2.08. The summed E-state index contributed by atoms with van der Waals surface area (Å²) in [6, 6.07) is 9.87. The monoisotopic (exact) mass is 284 g/mol. The molecule has 110 valence electrons. The van der Waals surface area contributed by atoms with E-state index in [4.69, 9.17) is 0 Å². The highest BCUT2D eigenvalue weighted by Crippen LogP contribution is 2.15. The number of carbonyl (C=O) groups is 1. The van der Waals surface area contributed by atoms with Gasteiger partial charge in [0.15, 0.2) is 5.69 Å². The van der Waals surface area contributed by atoms with Gasteiger partial charge in [0, 0.05) is 5.69 Å². The topological polar surface area (TPSA) is 70.1 Å². The van der Waals surface area contributed by atoms with Crippen LogP contribution in [0, 0.1) is 6.92 Å². The lowest BCUT2D eigenvalue weighted by molar-refractivity contribution is 0.0950. The average molecular weight is 284 g/mol. The third-order valence-corrected chi connectivity index (χ3v) is 3.26. The van der Waals surface area contributed by atoms with Gasteiger partial charge in [-0.25, -0.2) is 5.43 Å². The van der Waals surface area contributed by atoms with Crippen LogP contribution in [0.1, 0.15) is 54.0 Å². The molecule has 5 nitrogen and oxygen atoms in total. The highest BCUT2D eigenvalue weighted by molar-refractivity contribution is 6.00. The number of nitrogens with zero attached hydrogens (tertiary/aromatic N) is 2. The number of carbonyl (C=O) groups excluding carboxylic acids is 1. The van der Waals surface area contributed by atoms with E-state index < -0.39 is 0 Å². The third kappa shape index (κ3) is 3.78. The summed E-state index contributed by atoms with van der Waals surface area (Å²) in [7, 11) is 0. The lowest BCUT2D eigenvalue weighted by atomic mass is 10.0. The van der Waals surface area contributed by atoms with Crippen molar-refractivity contribution >= 4 is 11.6 Å². The molecule has 0 bridgehead atoms. The van der Waals surface area contributed by atoms with Crippen LogP contribution in [-0.2, 0) is 0 Å². The summed E-state index contributed by atoms with van der Waals surface area (Å²) in [5.41, 5.74) is 6.70. The zero-order valence-electron chi connectivity index (χ0n) is 12.8. The van der Waals surface area contributed by atoms with Crippen molar-refractivity contribution in [2.24, 2.45) is 5.10 Å². The Hall–Kier alpha value is -2.43. The van der Waals surface area contributed by atoms with Crippen molar-refractivity contribution in [3.8, 4) is 0 Å². The molecule has 5 heteroatoms. The molecule has 1 aromatic heterocycles. The first-order valence-electron chi connectivity index (χ1n) is 6.94. The van der Waals surface area contributed by atoms with Crippen LogP contribution in [0.25, 0.3) is 0 Å². The Bertz CT molecular complexity index is 653. The van der Waals surface area contributed by atoms with Crippen LogP contribution >= 0.6 is 0 Å². The fraction of sp³-hybridized carbons (Fsp3) is 0.312. The van der Waals surface area contributed by atoms with Crippen LogP contribution in [0.15, 0.2) is 35.4 Å². The van der Waals surface area contributed by atoms with E-state index in [9.17, 15) is 4.79 Å². The normalized spacial score (nSPS) is 11.8. The number of aromatic nitrogens is 2. The highest BCUT2D eigenvalue weighted by atomic mass is 16.2. The number of benzene rings is 1. The Morgan fingerprint density at radius 2 is 1.95 bits per heavy atom. The standard InChI is InChI=1S/C16H20N4O/c1-10(2)13-5-7-14(8-6-13)12(4)18-20-16(21)15-9-11(3)17-19-15/h5-10H,1-4H3,(H,17,19)(H,20,21)/b18-12-. The molecule has 0 atom stereocenters. The molecule has 2 aromatic rings. The summed E-state index contributed by atoms with van der Waals surface area (Å²) in [5, 5.41) is 10.7. The van der Waals surface area contributed by atoms with E-state index in [2.05, 4.69) is 46.7 Å². The van der Waals surface area contributed by atoms with E-state index in [1.807, 2.05) is 26.0 Å². The van der Waals surface area contributed by atoms with Crippen molar-refractivity contribution in [1.29, 1.82) is 0 Å². The van der Waals surface area contributed by atoms with E-state index in [0.717, 1.165) is 17.0 Å². The summed E-state index contributed by atoms with van der Waals surface area (Å²) in [6.45, 7) is 8.01. The molecule has 0 aliphatic rings. The molecule has 1 aromatic carbocycles. The van der Waals surface area contributed by atoms with Gasteiger partial charge in [0.2, 0.25) is 0 Å². The number of aromatic amines is 1. The van der Waals surface area contributed by atoms with E-state index in [0.29, 0.717) is 11.6 Å². The molecule has 0 radical (unpaired) electrons. The van der Waals surface area contributed by atoms with Crippen LogP contribution in [-0.4, -0.2) is 21.8 Å². The van der Waals surface area contributed by atoms with Gasteiger partial charge in [-0.15, -0.1) is 0 Å². The lowest BCUT2D eigenvalue weighted by Gasteiger charge is -2.06. The summed E-state index contributed by atoms with van der Waals surface area (Å²) in [4.78, 5) is 11.8. The number of aryl methyl sites for hydroxylation is 1. The summed E-state index contributed by atoms with van der Waals surface area (Å²) < 4.78 is 0. The van der Waals surface area contributed by atoms with Gasteiger partial charge in [-0.2, -0.15) is 10.2 Å². The predicted molar refractivity (Wildman–Crippen MR) is 83.5 cm³/mol. The Morgan fingerprint density at radius 1 is 1.29 bits per heavy atom. The minimum absolute atomic E-state index is 0.322. The molecular weight excluding hydrogens is 264 g/mol. The summed E-state index contributed by atoms with van der Waals surface area (Å²) in [6.07, 6.45) is 0. The molecule has 2 rings (SSSR count). The molecule has 0 fully saturated rings. The van der Waals surface area contributed by atoms with Gasteiger partial charge in [-0.1, -0.05) is 38.1 Å². The second kappa shape index (κ2) is 6.35. The van der Waals surface area contributed by atoms with Gasteiger partial charge in [0.05, 0.1) is 5.71 Å². The van der Waals surface area contributed by atoms with E-state index in [-0.39, 0.29) is 5.91 Å². The number of amides is 1. The molecule has 0 aliphatic carbocycles. The molecular formula is C16H20N4O. The van der Waals surface area contributed by atoms with Crippen molar-refractivity contribution in [2.75, 3.05) is 0 Å². The van der Waals surface area contributed by atoms with Crippen LogP contribution in [0.3, 0.4) is 0 Å². The van der Waals surface area contributed by atoms with Crippen LogP contribution in [0.4, 0.5) is 0 Å². The number of H-pyrrole nitrogens is 1. The molecule has 21 heavy (non-hydrogen) atoms. The van der Waals surface area contributed by atoms with Crippen molar-refractivity contribution in [2.45, 2.75) is 33.6 Å². The Kier molecular flexibility index (Phi) is 4.52. The second-order valence-electron chi connectivity index (χ2n) is 5.35. The zero-order chi connectivity index (χ0) is 15.4. The van der Waals surface area contributed by atoms with Crippen LogP contribution in [0.2, 0.25) is 0 Å². The van der Waals surface area contributed by atoms with Gasteiger partial charge < -0.3 is 0 Å². The molecule has 0 saturated carbocycles. The van der Waals surface area contributed by atoms with Crippen LogP contribution < -0.4 is 5.43 Å². The molecule has 2 N–H and O–H groups in total. The number of nitrogens with one attached hydrogen (secondary N) is 2. The van der Waals surface area contributed by atoms with Gasteiger partial charge in [-0.3, -0.25) is 9.89 Å². The van der Waals surface area contributed by atoms with Crippen molar-refractivity contribution in [1.82, 2.24) is 15.6 Å². The van der Waals surface area contributed by atoms with Gasteiger partial charge >= 0.3 is 0 Å². The van der Waals surface area contributed by atoms with Crippen molar-refractivity contribution in [3.05, 3.63) is 52.8 Å². The Morgan fingerprint density at radius 3 is 2.48 bits per heavy atom. The molecule has 1 amide bonds. The third-order valence-electron chi connectivity index (χ3n) is 3.26. The number of hydrazone groups is 1. The summed E-state index contributed by atoms with van der Waals surface area (Å²) >= 11 is 0. The second-order valence-corrected chi connectivity index (χ2v) is 5.35. The maximum absolute atomic E-state index is 11.8. The van der Waals surface area contributed by atoms with Crippen molar-refractivity contribution < 1.29 is 4.79 Å². The van der Waals surface area contributed by atoms with Crippen LogP contribution in [0.5, 0.6) is 0 Å². The number of hydrogen-bond acceptors (Lipinski definition) is 3. The Balaban J connectivity index is 2.05. The molecule has 0 aliphatic heterocycles. The lowest BCUT2D eigenvalue weighted by Crippen LogP contribution is -2.19. The van der Waals surface area contributed by atoms with Gasteiger partial charge in [-0.05, 0) is 37.0 Å². The first-order chi connectivity index (χ1) is 9.97. The average Bonchev–Trinajstić information content (AvgIpc) is 2.91. The molecule has 0 spiro atoms. The minimum atomic E-state index is -0.322. The van der Waals surface area contributed by atoms with Gasteiger partial charge in [0.25, 0.3) is 5.91 Å². The minimum Gasteiger partial charge on any atom is -0.282 e. The largest absolute Gasteiger partial charge is 0.291 e. The maximum atomic E-state index is 11.8.